The van der Waals surface area contributed by atoms with Crippen LogP contribution in [0.1, 0.15) is 48.8 Å². The Kier molecular flexibility index (Phi) is 6.69. The number of rotatable bonds is 7. The molecule has 0 unspecified atom stereocenters. The van der Waals surface area contributed by atoms with Gasteiger partial charge in [0.2, 0.25) is 0 Å². The predicted molar refractivity (Wildman–Crippen MR) is 152 cm³/mol. The van der Waals surface area contributed by atoms with Crippen LogP contribution in [-0.2, 0) is 13.0 Å². The Morgan fingerprint density at radius 3 is 2.62 bits per heavy atom. The largest absolute Gasteiger partial charge is 0.341 e. The Balaban J connectivity index is 1.77. The summed E-state index contributed by atoms with van der Waals surface area (Å²) in [4.78, 5) is 16.3. The van der Waals surface area contributed by atoms with Gasteiger partial charge in [0, 0.05) is 6.20 Å². The Labute approximate surface area is 197 Å². The first-order valence-electron chi connectivity index (χ1n) is 12.1. The summed E-state index contributed by atoms with van der Waals surface area (Å²) in [7, 11) is 13.5. The molecule has 0 radical (unpaired) electrons. The quantitative estimate of drug-likeness (QED) is 0.375. The fraction of sp³-hybridized carbons (Fsp3) is 0.429. The minimum atomic E-state index is -0.00886. The zero-order valence-corrected chi connectivity index (χ0v) is 20.7. The monoisotopic (exact) mass is 421 g/mol. The normalized spacial score (nSPS) is 16.5. The number of nitrogens with zero attached hydrogens (tertiary/aromatic N) is 3. The van der Waals surface area contributed by atoms with Crippen molar-refractivity contribution in [2.45, 2.75) is 50.0 Å². The lowest BCUT2D eigenvalue weighted by molar-refractivity contribution is 0.116. The molecule has 3 N–H and O–H groups in total. The van der Waals surface area contributed by atoms with Gasteiger partial charge in [-0.3, -0.25) is 9.88 Å². The molecule has 0 saturated carbocycles. The van der Waals surface area contributed by atoms with Gasteiger partial charge in [-0.05, 0) is 55.6 Å². The van der Waals surface area contributed by atoms with E-state index in [2.05, 4.69) is 69.1 Å². The first-order chi connectivity index (χ1) is 15.2. The number of nitrogens with two attached hydrogens (primary N) is 1. The summed E-state index contributed by atoms with van der Waals surface area (Å²) in [6.07, 6.45) is 7.47. The van der Waals surface area contributed by atoms with Gasteiger partial charge >= 0.3 is 0 Å². The number of fused-ring (bicyclic) bond motifs is 2. The maximum atomic E-state index is 5.91. The highest BCUT2D eigenvalue weighted by Gasteiger charge is 2.36. The number of aromatic amines is 1. The van der Waals surface area contributed by atoms with E-state index >= 15 is 0 Å². The van der Waals surface area contributed by atoms with Gasteiger partial charge in [0.05, 0.1) is 29.3 Å². The number of H-pyrrole nitrogens is 1. The standard InChI is InChI=1S/C21H33B6N5/c22-14-15(23)17(25)20-19(16(14)24)30-13(31-20)10-32(21(26,27)7-3-8-28)12-6-1-4-11-5-2-9-29-18(11)12/h2,5,9,12H,1,3-4,6-8,10,22-28H2,(H,30,31)/t12-/m0/s1. The third-order valence-corrected chi connectivity index (χ3v) is 7.80. The van der Waals surface area contributed by atoms with E-state index in [-0.39, 0.29) is 5.34 Å². The molecule has 1 aliphatic carbocycles. The van der Waals surface area contributed by atoms with Crippen LogP contribution in [0.4, 0.5) is 0 Å². The highest BCUT2D eigenvalue weighted by Crippen LogP contribution is 2.37. The SMILES string of the molecule is Bc1c(B)c(B)c2[nH]c(CN([C@H]3CCCc4cccnc43)C(B)(B)CCCN)nc2c1B. The van der Waals surface area contributed by atoms with Crippen molar-refractivity contribution < 1.29 is 0 Å². The van der Waals surface area contributed by atoms with Crippen molar-refractivity contribution in [2.24, 2.45) is 5.73 Å². The van der Waals surface area contributed by atoms with Crippen LogP contribution in [0.3, 0.4) is 0 Å². The molecule has 0 aliphatic heterocycles. The van der Waals surface area contributed by atoms with E-state index < -0.39 is 0 Å². The molecule has 160 valence electrons. The lowest BCUT2D eigenvalue weighted by Crippen LogP contribution is -2.52. The second-order valence-corrected chi connectivity index (χ2v) is 10.2. The van der Waals surface area contributed by atoms with Crippen molar-refractivity contribution in [1.82, 2.24) is 19.9 Å². The number of imidazole rings is 1. The maximum absolute atomic E-state index is 5.91. The van der Waals surface area contributed by atoms with Crippen LogP contribution < -0.4 is 27.6 Å². The van der Waals surface area contributed by atoms with Gasteiger partial charge in [-0.2, -0.15) is 0 Å². The average Bonchev–Trinajstić information content (AvgIpc) is 3.22. The van der Waals surface area contributed by atoms with Gasteiger partial charge in [0.15, 0.2) is 0 Å². The van der Waals surface area contributed by atoms with E-state index in [9.17, 15) is 0 Å². The molecule has 0 saturated heterocycles. The Hall–Kier alpha value is -1.85. The molecule has 0 fully saturated rings. The van der Waals surface area contributed by atoms with E-state index in [1.165, 1.54) is 45.0 Å². The van der Waals surface area contributed by atoms with Crippen molar-refractivity contribution >= 4 is 80.0 Å². The van der Waals surface area contributed by atoms with E-state index in [1.54, 1.807) is 0 Å². The lowest BCUT2D eigenvalue weighted by Gasteiger charge is -2.45. The molecule has 4 rings (SSSR count). The number of pyridine rings is 1. The highest BCUT2D eigenvalue weighted by molar-refractivity contribution is 6.66. The van der Waals surface area contributed by atoms with Crippen molar-refractivity contribution in [2.75, 3.05) is 6.54 Å². The van der Waals surface area contributed by atoms with E-state index in [0.717, 1.165) is 50.1 Å². The topological polar surface area (TPSA) is 70.8 Å². The molecule has 3 aromatic rings. The molecular formula is C21H33B6N5. The average molecular weight is 420 g/mol. The van der Waals surface area contributed by atoms with E-state index in [0.29, 0.717) is 6.04 Å². The molecular weight excluding hydrogens is 387 g/mol. The van der Waals surface area contributed by atoms with Gasteiger partial charge in [-0.15, -0.1) is 0 Å². The summed E-state index contributed by atoms with van der Waals surface area (Å²) >= 11 is 0. The fourth-order valence-corrected chi connectivity index (χ4v) is 5.44. The number of benzene rings is 1. The van der Waals surface area contributed by atoms with Crippen LogP contribution >= 0.6 is 0 Å². The molecule has 1 aromatic carbocycles. The van der Waals surface area contributed by atoms with Gasteiger partial charge in [-0.1, -0.05) is 27.9 Å². The molecule has 2 aromatic heterocycles. The van der Waals surface area contributed by atoms with Crippen LogP contribution in [0.25, 0.3) is 11.0 Å². The molecule has 0 amide bonds. The summed E-state index contributed by atoms with van der Waals surface area (Å²) in [5.41, 5.74) is 16.1. The van der Waals surface area contributed by atoms with Crippen molar-refractivity contribution in [1.29, 1.82) is 0 Å². The minimum Gasteiger partial charge on any atom is -0.341 e. The number of hydrogen-bond donors (Lipinski definition) is 2. The van der Waals surface area contributed by atoms with E-state index in [1.807, 2.05) is 6.20 Å². The van der Waals surface area contributed by atoms with Crippen molar-refractivity contribution in [3.63, 3.8) is 0 Å². The molecule has 0 spiro atoms. The molecule has 0 bridgehead atoms. The van der Waals surface area contributed by atoms with Crippen LogP contribution in [0.15, 0.2) is 18.3 Å². The van der Waals surface area contributed by atoms with Gasteiger partial charge in [0.25, 0.3) is 0 Å². The second kappa shape index (κ2) is 9.18. The first-order valence-corrected chi connectivity index (χ1v) is 12.1. The summed E-state index contributed by atoms with van der Waals surface area (Å²) in [6.45, 7) is 1.50. The maximum Gasteiger partial charge on any atom is 0.141 e. The Morgan fingerprint density at radius 1 is 1.12 bits per heavy atom. The van der Waals surface area contributed by atoms with Crippen LogP contribution in [0.5, 0.6) is 0 Å². The minimum absolute atomic E-state index is 0.00886. The first kappa shape index (κ1) is 23.3. The number of aryl methyl sites for hydroxylation is 1. The lowest BCUT2D eigenvalue weighted by atomic mass is 9.57. The Bertz CT molecular complexity index is 1090. The van der Waals surface area contributed by atoms with Gasteiger partial charge in [-0.25, -0.2) is 4.98 Å². The zero-order chi connectivity index (χ0) is 23.0. The van der Waals surface area contributed by atoms with Crippen LogP contribution in [0.2, 0.25) is 0 Å². The molecule has 1 atom stereocenters. The number of nitrogens with one attached hydrogen (secondary N) is 1. The molecule has 11 heteroatoms. The summed E-state index contributed by atoms with van der Waals surface area (Å²) < 4.78 is 0. The third kappa shape index (κ3) is 4.22. The zero-order valence-electron chi connectivity index (χ0n) is 20.7. The second-order valence-electron chi connectivity index (χ2n) is 10.2. The van der Waals surface area contributed by atoms with Gasteiger partial charge in [0.1, 0.15) is 52.9 Å². The van der Waals surface area contributed by atoms with Crippen molar-refractivity contribution in [3.05, 3.63) is 35.4 Å². The van der Waals surface area contributed by atoms with Crippen LogP contribution in [-0.4, -0.2) is 78.8 Å². The summed E-state index contributed by atoms with van der Waals surface area (Å²) in [5.74, 6) is 1.04. The fourth-order valence-electron chi connectivity index (χ4n) is 5.44. The summed E-state index contributed by atoms with van der Waals surface area (Å²) in [6, 6.07) is 4.62. The Morgan fingerprint density at radius 2 is 1.88 bits per heavy atom. The molecule has 2 heterocycles. The predicted octanol–water partition coefficient (Wildman–Crippen LogP) is -5.47. The smallest absolute Gasteiger partial charge is 0.141 e. The number of aromatic nitrogens is 3. The highest BCUT2D eigenvalue weighted by atomic mass is 15.2. The molecule has 5 nitrogen and oxygen atoms in total. The summed E-state index contributed by atoms with van der Waals surface area (Å²) in [5, 5.41) is -0.00886. The third-order valence-electron chi connectivity index (χ3n) is 7.80. The van der Waals surface area contributed by atoms with Crippen LogP contribution in [0, 0.1) is 0 Å². The van der Waals surface area contributed by atoms with Crippen molar-refractivity contribution in [3.8, 4) is 0 Å². The molecule has 1 aliphatic rings. The number of hydrogen-bond acceptors (Lipinski definition) is 4. The van der Waals surface area contributed by atoms with E-state index in [4.69, 9.17) is 15.7 Å². The van der Waals surface area contributed by atoms with Gasteiger partial charge < -0.3 is 10.7 Å². The molecule has 32 heavy (non-hydrogen) atoms.